The highest BCUT2D eigenvalue weighted by molar-refractivity contribution is 5.83. The number of ether oxygens (including phenoxy) is 4. The summed E-state index contributed by atoms with van der Waals surface area (Å²) in [6.45, 7) is 1.58. The second kappa shape index (κ2) is 8.04. The predicted molar refractivity (Wildman–Crippen MR) is 103 cm³/mol. The molecule has 0 bridgehead atoms. The third-order valence-electron chi connectivity index (χ3n) is 4.25. The summed E-state index contributed by atoms with van der Waals surface area (Å²) in [6, 6.07) is 11.9. The van der Waals surface area contributed by atoms with E-state index in [9.17, 15) is 9.59 Å². The number of benzene rings is 2. The van der Waals surface area contributed by atoms with Crippen molar-refractivity contribution in [3.63, 3.8) is 0 Å². The van der Waals surface area contributed by atoms with Crippen LogP contribution in [0.5, 0.6) is 17.2 Å². The van der Waals surface area contributed by atoms with Gasteiger partial charge >= 0.3 is 11.6 Å². The number of fused-ring (bicyclic) bond motifs is 1. The summed E-state index contributed by atoms with van der Waals surface area (Å²) in [7, 11) is 4.36. The van der Waals surface area contributed by atoms with Gasteiger partial charge in [-0.25, -0.2) is 9.59 Å². The van der Waals surface area contributed by atoms with Gasteiger partial charge in [-0.05, 0) is 42.8 Å². The summed E-state index contributed by atoms with van der Waals surface area (Å²) in [6.07, 6.45) is -0.778. The molecule has 2 aromatic carbocycles. The van der Waals surface area contributed by atoms with Gasteiger partial charge in [-0.2, -0.15) is 0 Å². The fraction of sp³-hybridized carbons (Fsp3) is 0.238. The Bertz CT molecular complexity index is 1070. The number of carbonyl (C=O) groups is 1. The number of esters is 1. The van der Waals surface area contributed by atoms with E-state index in [1.165, 1.54) is 14.2 Å². The average Bonchev–Trinajstić information content (AvgIpc) is 2.71. The number of hydrogen-bond acceptors (Lipinski definition) is 7. The summed E-state index contributed by atoms with van der Waals surface area (Å²) in [5.41, 5.74) is 0.889. The van der Waals surface area contributed by atoms with Crippen molar-refractivity contribution in [2.24, 2.45) is 0 Å². The second-order valence-electron chi connectivity index (χ2n) is 6.00. The molecule has 0 amide bonds. The Labute approximate surface area is 161 Å². The number of hydrogen-bond donors (Lipinski definition) is 0. The van der Waals surface area contributed by atoms with Crippen molar-refractivity contribution in [2.45, 2.75) is 13.0 Å². The Morgan fingerprint density at radius 3 is 2.39 bits per heavy atom. The Hall–Kier alpha value is -3.48. The Morgan fingerprint density at radius 1 is 0.964 bits per heavy atom. The molecule has 0 saturated heterocycles. The molecular formula is C21H20O7. The van der Waals surface area contributed by atoms with Crippen molar-refractivity contribution < 1.29 is 28.2 Å². The van der Waals surface area contributed by atoms with Gasteiger partial charge in [0.2, 0.25) is 0 Å². The maximum Gasteiger partial charge on any atom is 0.346 e. The Balaban J connectivity index is 1.99. The third kappa shape index (κ3) is 3.78. The first kappa shape index (κ1) is 19.3. The number of methoxy groups -OCH3 is 3. The van der Waals surface area contributed by atoms with Gasteiger partial charge in [-0.15, -0.1) is 0 Å². The quantitative estimate of drug-likeness (QED) is 0.476. The van der Waals surface area contributed by atoms with Crippen LogP contribution in [0, 0.1) is 0 Å². The largest absolute Gasteiger partial charge is 0.493 e. The van der Waals surface area contributed by atoms with Crippen LogP contribution >= 0.6 is 0 Å². The van der Waals surface area contributed by atoms with Crippen LogP contribution in [-0.2, 0) is 9.53 Å². The zero-order chi connectivity index (χ0) is 20.3. The minimum atomic E-state index is -0.778. The lowest BCUT2D eigenvalue weighted by Gasteiger charge is -2.13. The van der Waals surface area contributed by atoms with Crippen LogP contribution in [0.25, 0.3) is 22.1 Å². The average molecular weight is 384 g/mol. The highest BCUT2D eigenvalue weighted by atomic mass is 16.6. The third-order valence-corrected chi connectivity index (χ3v) is 4.25. The van der Waals surface area contributed by atoms with Crippen molar-refractivity contribution in [1.82, 2.24) is 0 Å². The van der Waals surface area contributed by atoms with E-state index < -0.39 is 17.7 Å². The molecule has 0 aliphatic carbocycles. The van der Waals surface area contributed by atoms with Crippen LogP contribution in [-0.4, -0.2) is 33.4 Å². The van der Waals surface area contributed by atoms with Crippen LogP contribution in [0.3, 0.4) is 0 Å². The summed E-state index contributed by atoms with van der Waals surface area (Å²) >= 11 is 0. The fourth-order valence-electron chi connectivity index (χ4n) is 2.79. The minimum absolute atomic E-state index is 0.351. The minimum Gasteiger partial charge on any atom is -0.493 e. The van der Waals surface area contributed by atoms with Gasteiger partial charge in [-0.1, -0.05) is 6.07 Å². The standard InChI is InChI=1S/C21H20O7/c1-12(20(22)26-4)27-15-7-5-14-9-16(21(23)28-18(14)11-15)13-6-8-17(24-2)19(10-13)25-3/h5-12H,1-4H3/t12-/m1/s1. The van der Waals surface area contributed by atoms with Gasteiger partial charge in [0, 0.05) is 11.5 Å². The Kier molecular flexibility index (Phi) is 5.54. The normalized spacial score (nSPS) is 11.7. The van der Waals surface area contributed by atoms with Crippen LogP contribution in [0.1, 0.15) is 6.92 Å². The molecule has 1 heterocycles. The summed E-state index contributed by atoms with van der Waals surface area (Å²) in [5.74, 6) is 0.982. The summed E-state index contributed by atoms with van der Waals surface area (Å²) in [5, 5.41) is 0.711. The molecular weight excluding hydrogens is 364 g/mol. The van der Waals surface area contributed by atoms with Gasteiger partial charge in [0.1, 0.15) is 11.3 Å². The molecule has 0 unspecified atom stereocenters. The van der Waals surface area contributed by atoms with Crippen molar-refractivity contribution in [1.29, 1.82) is 0 Å². The zero-order valence-electron chi connectivity index (χ0n) is 16.0. The number of carbonyl (C=O) groups excluding carboxylic acids is 1. The van der Waals surface area contributed by atoms with E-state index in [2.05, 4.69) is 4.74 Å². The molecule has 7 nitrogen and oxygen atoms in total. The monoisotopic (exact) mass is 384 g/mol. The van der Waals surface area contributed by atoms with Crippen LogP contribution in [0.2, 0.25) is 0 Å². The molecule has 146 valence electrons. The van der Waals surface area contributed by atoms with Gasteiger partial charge < -0.3 is 23.4 Å². The summed E-state index contributed by atoms with van der Waals surface area (Å²) < 4.78 is 26.1. The smallest absolute Gasteiger partial charge is 0.346 e. The van der Waals surface area contributed by atoms with Crippen molar-refractivity contribution >= 4 is 16.9 Å². The van der Waals surface area contributed by atoms with E-state index in [-0.39, 0.29) is 0 Å². The maximum absolute atomic E-state index is 12.5. The molecule has 0 spiro atoms. The fourth-order valence-corrected chi connectivity index (χ4v) is 2.79. The first-order valence-corrected chi connectivity index (χ1v) is 8.51. The lowest BCUT2D eigenvalue weighted by atomic mass is 10.1. The topological polar surface area (TPSA) is 84.2 Å². The van der Waals surface area contributed by atoms with E-state index in [4.69, 9.17) is 18.6 Å². The molecule has 0 radical (unpaired) electrons. The molecule has 0 fully saturated rings. The first-order chi connectivity index (χ1) is 13.5. The molecule has 0 aliphatic heterocycles. The Morgan fingerprint density at radius 2 is 1.71 bits per heavy atom. The number of rotatable bonds is 6. The second-order valence-corrected chi connectivity index (χ2v) is 6.00. The molecule has 3 aromatic rings. The first-order valence-electron chi connectivity index (χ1n) is 8.51. The predicted octanol–water partition coefficient (Wildman–Crippen LogP) is 3.42. The zero-order valence-corrected chi connectivity index (χ0v) is 16.0. The van der Waals surface area contributed by atoms with E-state index in [1.807, 2.05) is 0 Å². The molecule has 1 aromatic heterocycles. The molecule has 0 aliphatic rings. The molecule has 7 heteroatoms. The van der Waals surface area contributed by atoms with E-state index >= 15 is 0 Å². The maximum atomic E-state index is 12.5. The van der Waals surface area contributed by atoms with Crippen molar-refractivity contribution in [3.05, 3.63) is 52.9 Å². The van der Waals surface area contributed by atoms with E-state index in [0.29, 0.717) is 39.3 Å². The van der Waals surface area contributed by atoms with Gasteiger partial charge in [0.15, 0.2) is 17.6 Å². The van der Waals surface area contributed by atoms with E-state index in [0.717, 1.165) is 0 Å². The SMILES string of the molecule is COC(=O)[C@@H](C)Oc1ccc2cc(-c3ccc(OC)c(OC)c3)c(=O)oc2c1. The molecule has 0 N–H and O–H groups in total. The molecule has 3 rings (SSSR count). The van der Waals surface area contributed by atoms with Gasteiger partial charge in [0.05, 0.1) is 26.9 Å². The highest BCUT2D eigenvalue weighted by Gasteiger charge is 2.16. The highest BCUT2D eigenvalue weighted by Crippen LogP contribution is 2.32. The molecule has 1 atom stereocenters. The van der Waals surface area contributed by atoms with E-state index in [1.54, 1.807) is 56.5 Å². The van der Waals surface area contributed by atoms with Crippen LogP contribution in [0.4, 0.5) is 0 Å². The lowest BCUT2D eigenvalue weighted by molar-refractivity contribution is -0.147. The van der Waals surface area contributed by atoms with Crippen LogP contribution in [0.15, 0.2) is 51.7 Å². The van der Waals surface area contributed by atoms with Crippen molar-refractivity contribution in [2.75, 3.05) is 21.3 Å². The van der Waals surface area contributed by atoms with Gasteiger partial charge in [-0.3, -0.25) is 0 Å². The molecule has 0 saturated carbocycles. The van der Waals surface area contributed by atoms with Crippen molar-refractivity contribution in [3.8, 4) is 28.4 Å². The van der Waals surface area contributed by atoms with Gasteiger partial charge in [0.25, 0.3) is 0 Å². The van der Waals surface area contributed by atoms with Crippen LogP contribution < -0.4 is 19.8 Å². The lowest BCUT2D eigenvalue weighted by Crippen LogP contribution is -2.24. The molecule has 28 heavy (non-hydrogen) atoms. The summed E-state index contributed by atoms with van der Waals surface area (Å²) in [4.78, 5) is 24.0.